The zero-order chi connectivity index (χ0) is 16.6. The minimum atomic E-state index is -0.379. The first-order chi connectivity index (χ1) is 10.9. The topological polar surface area (TPSA) is 78.9 Å². The van der Waals surface area contributed by atoms with E-state index >= 15 is 0 Å². The summed E-state index contributed by atoms with van der Waals surface area (Å²) in [6, 6.07) is -0.264. The van der Waals surface area contributed by atoms with E-state index in [1.807, 2.05) is 11.9 Å². The number of morpholine rings is 1. The second-order valence-corrected chi connectivity index (χ2v) is 6.41. The minimum Gasteiger partial charge on any atom is -0.368 e. The molecule has 1 unspecified atom stereocenters. The maximum atomic E-state index is 12.3. The molecule has 0 saturated carbocycles. The molecule has 23 heavy (non-hydrogen) atoms. The van der Waals surface area contributed by atoms with Crippen LogP contribution in [0.3, 0.4) is 0 Å². The van der Waals surface area contributed by atoms with Gasteiger partial charge < -0.3 is 14.5 Å². The smallest absolute Gasteiger partial charge is 0.274 e. The Labute approximate surface area is 135 Å². The Morgan fingerprint density at radius 3 is 2.61 bits per heavy atom. The Morgan fingerprint density at radius 1 is 1.30 bits per heavy atom. The first kappa shape index (κ1) is 15.8. The van der Waals surface area contributed by atoms with Gasteiger partial charge in [0.25, 0.3) is 5.91 Å². The molecule has 0 bridgehead atoms. The van der Waals surface area contributed by atoms with Gasteiger partial charge in [-0.1, -0.05) is 0 Å². The molecule has 2 saturated heterocycles. The van der Waals surface area contributed by atoms with Gasteiger partial charge in [-0.3, -0.25) is 19.5 Å². The quantitative estimate of drug-likeness (QED) is 0.702. The summed E-state index contributed by atoms with van der Waals surface area (Å²) in [6.07, 6.45) is 4.51. The van der Waals surface area contributed by atoms with Crippen molar-refractivity contribution in [2.75, 3.05) is 47.4 Å². The van der Waals surface area contributed by atoms with Crippen molar-refractivity contribution in [2.24, 2.45) is 0 Å². The molecule has 124 valence electrons. The fourth-order valence-electron chi connectivity index (χ4n) is 3.11. The van der Waals surface area contributed by atoms with Crippen molar-refractivity contribution in [1.82, 2.24) is 24.7 Å². The maximum absolute atomic E-state index is 12.3. The van der Waals surface area contributed by atoms with E-state index < -0.39 is 0 Å². The molecule has 3 heterocycles. The van der Waals surface area contributed by atoms with Crippen molar-refractivity contribution in [2.45, 2.75) is 11.6 Å². The maximum Gasteiger partial charge on any atom is 0.274 e. The van der Waals surface area contributed by atoms with Crippen molar-refractivity contribution >= 4 is 11.8 Å². The second kappa shape index (κ2) is 5.86. The fraction of sp³-hybridized carbons (Fsp3) is 0.600. The number of likely N-dealkylation sites (N-methyl/N-ethyl adjacent to an activating group) is 2. The summed E-state index contributed by atoms with van der Waals surface area (Å²) in [5.74, 6) is -0.101. The average Bonchev–Trinajstić information content (AvgIpc) is 2.52. The Hall–Kier alpha value is -2.06. The van der Waals surface area contributed by atoms with Crippen LogP contribution >= 0.6 is 0 Å². The highest BCUT2D eigenvalue weighted by Crippen LogP contribution is 2.31. The van der Waals surface area contributed by atoms with Crippen LogP contribution in [0.5, 0.6) is 0 Å². The van der Waals surface area contributed by atoms with E-state index in [9.17, 15) is 9.59 Å². The third kappa shape index (κ3) is 2.91. The highest BCUT2D eigenvalue weighted by atomic mass is 16.5. The van der Waals surface area contributed by atoms with Crippen LogP contribution in [0.2, 0.25) is 0 Å². The molecule has 2 fully saturated rings. The number of amides is 2. The molecule has 0 radical (unpaired) electrons. The molecule has 2 aliphatic rings. The van der Waals surface area contributed by atoms with E-state index in [4.69, 9.17) is 4.74 Å². The molecule has 1 spiro atoms. The highest BCUT2D eigenvalue weighted by molar-refractivity contribution is 5.92. The summed E-state index contributed by atoms with van der Waals surface area (Å²) in [7, 11) is 5.40. The van der Waals surface area contributed by atoms with Crippen molar-refractivity contribution in [3.05, 3.63) is 24.3 Å². The number of hydrogen-bond donors (Lipinski definition) is 0. The Morgan fingerprint density at radius 2 is 2.04 bits per heavy atom. The van der Waals surface area contributed by atoms with Gasteiger partial charge in [0.05, 0.1) is 25.9 Å². The molecule has 8 heteroatoms. The van der Waals surface area contributed by atoms with Gasteiger partial charge in [0, 0.05) is 33.0 Å². The van der Waals surface area contributed by atoms with Gasteiger partial charge in [0.2, 0.25) is 5.91 Å². The average molecular weight is 319 g/mol. The number of carbonyl (C=O) groups is 2. The van der Waals surface area contributed by atoms with Gasteiger partial charge in [-0.25, -0.2) is 4.98 Å². The van der Waals surface area contributed by atoms with E-state index in [0.717, 1.165) is 0 Å². The van der Waals surface area contributed by atoms with Crippen LogP contribution in [0.15, 0.2) is 18.6 Å². The number of ether oxygens (including phenoxy) is 1. The van der Waals surface area contributed by atoms with Crippen LogP contribution in [0.4, 0.5) is 0 Å². The highest BCUT2D eigenvalue weighted by Gasteiger charge is 2.51. The molecule has 1 atom stereocenters. The summed E-state index contributed by atoms with van der Waals surface area (Å²) < 4.78 is 5.95. The van der Waals surface area contributed by atoms with Gasteiger partial charge in [-0.2, -0.15) is 0 Å². The molecule has 1 aromatic heterocycles. The lowest BCUT2D eigenvalue weighted by Crippen LogP contribution is -2.73. The van der Waals surface area contributed by atoms with Crippen LogP contribution in [0, 0.1) is 0 Å². The second-order valence-electron chi connectivity index (χ2n) is 6.41. The Bertz CT molecular complexity index is 600. The first-order valence-electron chi connectivity index (χ1n) is 7.52. The van der Waals surface area contributed by atoms with E-state index in [1.165, 1.54) is 18.6 Å². The van der Waals surface area contributed by atoms with Crippen LogP contribution < -0.4 is 0 Å². The third-order valence-electron chi connectivity index (χ3n) is 4.37. The standard InChI is InChI=1S/C15H21N5O3/c1-18(2)14(22)12-7-23-15(8-19(12)3)9-20(10-15)13(21)11-6-16-4-5-17-11/h4-6,12H,7-10H2,1-3H3. The summed E-state index contributed by atoms with van der Waals surface area (Å²) in [5.41, 5.74) is -0.0393. The van der Waals surface area contributed by atoms with Crippen molar-refractivity contribution < 1.29 is 14.3 Å². The van der Waals surface area contributed by atoms with E-state index in [2.05, 4.69) is 9.97 Å². The molecule has 0 aromatic carbocycles. The van der Waals surface area contributed by atoms with Gasteiger partial charge in [0.15, 0.2) is 0 Å². The molecule has 8 nitrogen and oxygen atoms in total. The first-order valence-corrected chi connectivity index (χ1v) is 7.52. The molecular formula is C15H21N5O3. The molecular weight excluding hydrogens is 298 g/mol. The molecule has 2 aliphatic heterocycles. The normalized spacial score (nSPS) is 23.4. The van der Waals surface area contributed by atoms with Crippen LogP contribution in [0.1, 0.15) is 10.5 Å². The predicted octanol–water partition coefficient (Wildman–Crippen LogP) is -0.910. The monoisotopic (exact) mass is 319 g/mol. The van der Waals surface area contributed by atoms with Gasteiger partial charge in [0.1, 0.15) is 17.3 Å². The lowest BCUT2D eigenvalue weighted by molar-refractivity contribution is -0.190. The zero-order valence-corrected chi connectivity index (χ0v) is 13.6. The van der Waals surface area contributed by atoms with Crippen molar-refractivity contribution in [3.63, 3.8) is 0 Å². The molecule has 1 aromatic rings. The van der Waals surface area contributed by atoms with E-state index in [-0.39, 0.29) is 23.5 Å². The van der Waals surface area contributed by atoms with Gasteiger partial charge >= 0.3 is 0 Å². The molecule has 0 aliphatic carbocycles. The minimum absolute atomic E-state index is 0.0363. The van der Waals surface area contributed by atoms with Crippen LogP contribution in [0.25, 0.3) is 0 Å². The number of hydrogen-bond acceptors (Lipinski definition) is 6. The fourth-order valence-corrected chi connectivity index (χ4v) is 3.11. The lowest BCUT2D eigenvalue weighted by atomic mass is 9.90. The number of rotatable bonds is 2. The number of likely N-dealkylation sites (tertiary alicyclic amines) is 1. The lowest BCUT2D eigenvalue weighted by Gasteiger charge is -2.54. The number of aromatic nitrogens is 2. The molecule has 2 amide bonds. The number of carbonyl (C=O) groups excluding carboxylic acids is 2. The Kier molecular flexibility index (Phi) is 4.03. The summed E-state index contributed by atoms with van der Waals surface area (Å²) in [6.45, 7) is 1.99. The summed E-state index contributed by atoms with van der Waals surface area (Å²) in [5, 5.41) is 0. The summed E-state index contributed by atoms with van der Waals surface area (Å²) >= 11 is 0. The SMILES string of the molecule is CN(C)C(=O)C1COC2(CN(C(=O)c3cnccn3)C2)CN1C. The van der Waals surface area contributed by atoms with E-state index in [1.54, 1.807) is 23.9 Å². The van der Waals surface area contributed by atoms with Gasteiger partial charge in [-0.15, -0.1) is 0 Å². The zero-order valence-electron chi connectivity index (χ0n) is 13.6. The van der Waals surface area contributed by atoms with Crippen molar-refractivity contribution in [1.29, 1.82) is 0 Å². The third-order valence-corrected chi connectivity index (χ3v) is 4.37. The molecule has 3 rings (SSSR count). The largest absolute Gasteiger partial charge is 0.368 e. The van der Waals surface area contributed by atoms with Crippen LogP contribution in [-0.4, -0.2) is 95.5 Å². The van der Waals surface area contributed by atoms with Crippen molar-refractivity contribution in [3.8, 4) is 0 Å². The van der Waals surface area contributed by atoms with E-state index in [0.29, 0.717) is 31.9 Å². The van der Waals surface area contributed by atoms with Gasteiger partial charge in [-0.05, 0) is 7.05 Å². The summed E-state index contributed by atoms with van der Waals surface area (Å²) in [4.78, 5) is 37.6. The Balaban J connectivity index is 1.59. The number of nitrogens with zero attached hydrogens (tertiary/aromatic N) is 5. The molecule has 0 N–H and O–H groups in total. The van der Waals surface area contributed by atoms with Crippen LogP contribution in [-0.2, 0) is 9.53 Å². The predicted molar refractivity (Wildman–Crippen MR) is 81.7 cm³/mol.